The molecule has 5 nitrogen and oxygen atoms in total. The van der Waals surface area contributed by atoms with Crippen molar-refractivity contribution >= 4 is 11.6 Å². The van der Waals surface area contributed by atoms with Crippen molar-refractivity contribution in [3.8, 4) is 22.8 Å². The van der Waals surface area contributed by atoms with Crippen LogP contribution in [0.5, 0.6) is 11.5 Å². The molecule has 1 heterocycles. The Balaban J connectivity index is 1.32. The minimum Gasteiger partial charge on any atom is -0.457 e. The number of carbonyl (C=O) groups is 2. The number of H-pyrrole nitrogens is 1. The van der Waals surface area contributed by atoms with Gasteiger partial charge in [-0.3, -0.25) is 14.7 Å². The van der Waals surface area contributed by atoms with E-state index in [-0.39, 0.29) is 5.78 Å². The molecule has 1 aliphatic carbocycles. The van der Waals surface area contributed by atoms with E-state index in [1.54, 1.807) is 12.1 Å². The molecule has 1 N–H and O–H groups in total. The summed E-state index contributed by atoms with van der Waals surface area (Å²) in [5.74, 6) is 0.318. The SMILES string of the molecule is O=C1C(=O)C(Cc2cc(-c3ccc(Oc4ccccc4)cc3)n[nH]2)c2ccccc21. The number of benzene rings is 3. The third-order valence-corrected chi connectivity index (χ3v) is 5.31. The van der Waals surface area contributed by atoms with Crippen LogP contribution in [0, 0.1) is 0 Å². The maximum absolute atomic E-state index is 12.4. The standard InChI is InChI=1S/C25H18N2O3/c28-24-21-9-5-4-8-20(21)22(25(24)29)14-17-15-23(27-26-17)16-10-12-19(13-11-16)30-18-6-2-1-3-7-18/h1-13,15,22H,14H2,(H,26,27). The quantitative estimate of drug-likeness (QED) is 0.486. The fourth-order valence-corrected chi connectivity index (χ4v) is 3.79. The van der Waals surface area contributed by atoms with Crippen LogP contribution in [0.1, 0.15) is 27.5 Å². The van der Waals surface area contributed by atoms with Crippen molar-refractivity contribution < 1.29 is 14.3 Å². The summed E-state index contributed by atoms with van der Waals surface area (Å²) in [7, 11) is 0. The van der Waals surface area contributed by atoms with Gasteiger partial charge in [0.15, 0.2) is 0 Å². The molecule has 0 radical (unpaired) electrons. The number of rotatable bonds is 5. The average Bonchev–Trinajstić information content (AvgIpc) is 3.35. The van der Waals surface area contributed by atoms with E-state index >= 15 is 0 Å². The van der Waals surface area contributed by atoms with Crippen LogP contribution in [0.15, 0.2) is 84.9 Å². The second-order valence-corrected chi connectivity index (χ2v) is 7.26. The average molecular weight is 394 g/mol. The number of para-hydroxylation sites is 1. The van der Waals surface area contributed by atoms with Crippen LogP contribution in [0.2, 0.25) is 0 Å². The molecule has 146 valence electrons. The Morgan fingerprint density at radius 3 is 2.33 bits per heavy atom. The molecule has 0 aliphatic heterocycles. The lowest BCUT2D eigenvalue weighted by molar-refractivity contribution is -0.115. The first kappa shape index (κ1) is 18.1. The number of nitrogens with one attached hydrogen (secondary N) is 1. The van der Waals surface area contributed by atoms with E-state index in [2.05, 4.69) is 10.2 Å². The van der Waals surface area contributed by atoms with E-state index in [1.807, 2.05) is 72.8 Å². The normalized spacial score (nSPS) is 15.3. The van der Waals surface area contributed by atoms with Gasteiger partial charge in [0.2, 0.25) is 11.6 Å². The van der Waals surface area contributed by atoms with Crippen LogP contribution in [0.25, 0.3) is 11.3 Å². The van der Waals surface area contributed by atoms with Crippen LogP contribution in [-0.4, -0.2) is 21.8 Å². The van der Waals surface area contributed by atoms with Crippen molar-refractivity contribution in [2.24, 2.45) is 0 Å². The summed E-state index contributed by atoms with van der Waals surface area (Å²) in [6, 6.07) is 26.4. The van der Waals surface area contributed by atoms with Crippen molar-refractivity contribution in [3.05, 3.63) is 102 Å². The van der Waals surface area contributed by atoms with Crippen LogP contribution < -0.4 is 4.74 Å². The predicted octanol–water partition coefficient (Wildman–Crippen LogP) is 4.96. The third kappa shape index (κ3) is 3.31. The van der Waals surface area contributed by atoms with Gasteiger partial charge in [-0.2, -0.15) is 5.10 Å². The van der Waals surface area contributed by atoms with Gasteiger partial charge in [-0.25, -0.2) is 0 Å². The molecule has 1 atom stereocenters. The van der Waals surface area contributed by atoms with E-state index in [4.69, 9.17) is 4.74 Å². The Kier molecular flexibility index (Phi) is 4.48. The first-order chi connectivity index (χ1) is 14.7. The zero-order valence-electron chi connectivity index (χ0n) is 16.0. The van der Waals surface area contributed by atoms with E-state index < -0.39 is 11.7 Å². The van der Waals surface area contributed by atoms with E-state index in [0.717, 1.165) is 34.0 Å². The van der Waals surface area contributed by atoms with Crippen LogP contribution >= 0.6 is 0 Å². The largest absolute Gasteiger partial charge is 0.457 e. The number of fused-ring (bicyclic) bond motifs is 1. The van der Waals surface area contributed by atoms with Gasteiger partial charge in [0.25, 0.3) is 0 Å². The second kappa shape index (κ2) is 7.44. The van der Waals surface area contributed by atoms with Gasteiger partial charge in [0.05, 0.1) is 11.6 Å². The second-order valence-electron chi connectivity index (χ2n) is 7.26. The summed E-state index contributed by atoms with van der Waals surface area (Å²) < 4.78 is 5.82. The summed E-state index contributed by atoms with van der Waals surface area (Å²) >= 11 is 0. The van der Waals surface area contributed by atoms with Gasteiger partial charge in [-0.05, 0) is 48.0 Å². The maximum Gasteiger partial charge on any atom is 0.229 e. The minimum absolute atomic E-state index is 0.352. The fraction of sp³-hybridized carbons (Fsp3) is 0.0800. The molecular formula is C25H18N2O3. The van der Waals surface area contributed by atoms with Gasteiger partial charge in [0, 0.05) is 23.2 Å². The smallest absolute Gasteiger partial charge is 0.229 e. The number of ketones is 2. The molecular weight excluding hydrogens is 376 g/mol. The monoisotopic (exact) mass is 394 g/mol. The molecule has 0 amide bonds. The number of aromatic nitrogens is 2. The summed E-state index contributed by atoms with van der Waals surface area (Å²) in [5.41, 5.74) is 3.85. The first-order valence-corrected chi connectivity index (χ1v) is 9.74. The van der Waals surface area contributed by atoms with Crippen LogP contribution in [0.4, 0.5) is 0 Å². The molecule has 0 saturated heterocycles. The van der Waals surface area contributed by atoms with E-state index in [0.29, 0.717) is 12.0 Å². The number of nitrogens with zero attached hydrogens (tertiary/aromatic N) is 1. The lowest BCUT2D eigenvalue weighted by atomic mass is 9.95. The highest BCUT2D eigenvalue weighted by molar-refractivity contribution is 6.48. The van der Waals surface area contributed by atoms with Gasteiger partial charge in [-0.1, -0.05) is 42.5 Å². The zero-order chi connectivity index (χ0) is 20.5. The van der Waals surface area contributed by atoms with Gasteiger partial charge >= 0.3 is 0 Å². The molecule has 0 fully saturated rings. The van der Waals surface area contributed by atoms with Gasteiger partial charge < -0.3 is 4.74 Å². The van der Waals surface area contributed by atoms with E-state index in [9.17, 15) is 9.59 Å². The first-order valence-electron chi connectivity index (χ1n) is 9.74. The van der Waals surface area contributed by atoms with Crippen molar-refractivity contribution in [1.29, 1.82) is 0 Å². The highest BCUT2D eigenvalue weighted by Gasteiger charge is 2.38. The lowest BCUT2D eigenvalue weighted by Gasteiger charge is -2.07. The highest BCUT2D eigenvalue weighted by Crippen LogP contribution is 2.33. The Bertz CT molecular complexity index is 1230. The summed E-state index contributed by atoms with van der Waals surface area (Å²) in [4.78, 5) is 24.6. The molecule has 3 aromatic carbocycles. The van der Waals surface area contributed by atoms with Crippen molar-refractivity contribution in [1.82, 2.24) is 10.2 Å². The Morgan fingerprint density at radius 1 is 0.833 bits per heavy atom. The number of Topliss-reactive ketones (excluding diaryl/α,β-unsaturated/α-hetero) is 2. The number of carbonyl (C=O) groups excluding carboxylic acids is 2. The lowest BCUT2D eigenvalue weighted by Crippen LogP contribution is -2.14. The molecule has 1 aromatic heterocycles. The van der Waals surface area contributed by atoms with Crippen LogP contribution in [0.3, 0.4) is 0 Å². The summed E-state index contributed by atoms with van der Waals surface area (Å²) in [6.45, 7) is 0. The fourth-order valence-electron chi connectivity index (χ4n) is 3.79. The van der Waals surface area contributed by atoms with Crippen molar-refractivity contribution in [3.63, 3.8) is 0 Å². The molecule has 5 rings (SSSR count). The Hall–Kier alpha value is -3.99. The topological polar surface area (TPSA) is 72.1 Å². The molecule has 5 heteroatoms. The van der Waals surface area contributed by atoms with Gasteiger partial charge in [-0.15, -0.1) is 0 Å². The predicted molar refractivity (Wildman–Crippen MR) is 113 cm³/mol. The Morgan fingerprint density at radius 2 is 1.53 bits per heavy atom. The van der Waals surface area contributed by atoms with E-state index in [1.165, 1.54) is 0 Å². The number of aromatic amines is 1. The highest BCUT2D eigenvalue weighted by atomic mass is 16.5. The number of hydrogen-bond acceptors (Lipinski definition) is 4. The van der Waals surface area contributed by atoms with Crippen molar-refractivity contribution in [2.75, 3.05) is 0 Å². The minimum atomic E-state index is -0.455. The number of hydrogen-bond donors (Lipinski definition) is 1. The summed E-state index contributed by atoms with van der Waals surface area (Å²) in [5, 5.41) is 7.39. The number of ether oxygens (including phenoxy) is 1. The molecule has 4 aromatic rings. The maximum atomic E-state index is 12.4. The molecule has 0 spiro atoms. The third-order valence-electron chi connectivity index (χ3n) is 5.31. The molecule has 0 bridgehead atoms. The van der Waals surface area contributed by atoms with Crippen molar-refractivity contribution in [2.45, 2.75) is 12.3 Å². The molecule has 1 aliphatic rings. The van der Waals surface area contributed by atoms with Gasteiger partial charge in [0.1, 0.15) is 11.5 Å². The Labute approximate surface area is 173 Å². The molecule has 30 heavy (non-hydrogen) atoms. The molecule has 0 saturated carbocycles. The van der Waals surface area contributed by atoms with Crippen LogP contribution in [-0.2, 0) is 11.2 Å². The summed E-state index contributed by atoms with van der Waals surface area (Å²) in [6.07, 6.45) is 0.420. The molecule has 1 unspecified atom stereocenters. The zero-order valence-corrected chi connectivity index (χ0v) is 16.0.